The Labute approximate surface area is 97.3 Å². The number of methoxy groups -OCH3 is 1. The molecule has 6 heteroatoms. The summed E-state index contributed by atoms with van der Waals surface area (Å²) in [7, 11) is 1.42. The van der Waals surface area contributed by atoms with Crippen molar-refractivity contribution in [2.75, 3.05) is 7.11 Å². The molecule has 0 aliphatic rings. The quantitative estimate of drug-likeness (QED) is 0.491. The van der Waals surface area contributed by atoms with Crippen molar-refractivity contribution in [1.29, 1.82) is 0 Å². The van der Waals surface area contributed by atoms with Gasteiger partial charge in [0.25, 0.3) is 5.69 Å². The van der Waals surface area contributed by atoms with Gasteiger partial charge in [-0.2, -0.15) is 0 Å². The van der Waals surface area contributed by atoms with Gasteiger partial charge in [-0.25, -0.2) is 4.79 Å². The number of benzene rings is 1. The van der Waals surface area contributed by atoms with E-state index in [1.165, 1.54) is 25.3 Å². The van der Waals surface area contributed by atoms with E-state index >= 15 is 0 Å². The van der Waals surface area contributed by atoms with Crippen molar-refractivity contribution in [3.63, 3.8) is 0 Å². The van der Waals surface area contributed by atoms with Crippen molar-refractivity contribution in [3.05, 3.63) is 39.4 Å². The molecule has 1 N–H and O–H groups in total. The molecule has 1 aromatic rings. The van der Waals surface area contributed by atoms with Crippen LogP contribution in [0.3, 0.4) is 0 Å². The Bertz CT molecular complexity index is 493. The highest BCUT2D eigenvalue weighted by atomic mass is 16.6. The zero-order chi connectivity index (χ0) is 13.0. The van der Waals surface area contributed by atoms with Crippen molar-refractivity contribution in [2.45, 2.75) is 6.92 Å². The number of ether oxygens (including phenoxy) is 1. The normalized spacial score (nSPS) is 10.5. The number of nitrogens with zero attached hydrogens (tertiary/aromatic N) is 1. The molecule has 0 radical (unpaired) electrons. The van der Waals surface area contributed by atoms with Crippen LogP contribution >= 0.6 is 0 Å². The maximum atomic E-state index is 10.7. The minimum absolute atomic E-state index is 0.0733. The Morgan fingerprint density at radius 1 is 1.53 bits per heavy atom. The fraction of sp³-hybridized carbons (Fsp3) is 0.182. The summed E-state index contributed by atoms with van der Waals surface area (Å²) >= 11 is 0. The van der Waals surface area contributed by atoms with Gasteiger partial charge in [-0.15, -0.1) is 0 Å². The highest BCUT2D eigenvalue weighted by Gasteiger charge is 2.16. The molecule has 0 atom stereocenters. The molecule has 0 spiro atoms. The van der Waals surface area contributed by atoms with Crippen LogP contribution in [0.2, 0.25) is 0 Å². The van der Waals surface area contributed by atoms with Crippen molar-refractivity contribution in [3.8, 4) is 5.75 Å². The Morgan fingerprint density at radius 2 is 2.18 bits per heavy atom. The molecule has 1 aromatic carbocycles. The van der Waals surface area contributed by atoms with Crippen molar-refractivity contribution in [2.24, 2.45) is 0 Å². The van der Waals surface area contributed by atoms with E-state index < -0.39 is 10.9 Å². The van der Waals surface area contributed by atoms with Crippen LogP contribution in [0.25, 0.3) is 6.08 Å². The van der Waals surface area contributed by atoms with Gasteiger partial charge >= 0.3 is 5.97 Å². The first kappa shape index (κ1) is 12.7. The van der Waals surface area contributed by atoms with Gasteiger partial charge in [0.15, 0.2) is 0 Å². The Morgan fingerprint density at radius 3 is 2.65 bits per heavy atom. The smallest absolute Gasteiger partial charge is 0.328 e. The molecule has 0 heterocycles. The summed E-state index contributed by atoms with van der Waals surface area (Å²) in [5, 5.41) is 19.3. The van der Waals surface area contributed by atoms with Crippen molar-refractivity contribution >= 4 is 17.7 Å². The number of carbonyl (C=O) groups is 1. The van der Waals surface area contributed by atoms with Crippen LogP contribution < -0.4 is 4.74 Å². The van der Waals surface area contributed by atoms with Gasteiger partial charge in [0.1, 0.15) is 5.75 Å². The lowest BCUT2D eigenvalue weighted by molar-refractivity contribution is -0.385. The third kappa shape index (κ3) is 2.81. The Kier molecular flexibility index (Phi) is 3.82. The zero-order valence-corrected chi connectivity index (χ0v) is 9.34. The molecule has 0 amide bonds. The molecule has 0 fully saturated rings. The fourth-order valence-electron chi connectivity index (χ4n) is 1.43. The minimum atomic E-state index is -1.13. The fourth-order valence-corrected chi connectivity index (χ4v) is 1.43. The van der Waals surface area contributed by atoms with E-state index in [9.17, 15) is 14.9 Å². The number of nitro groups is 1. The molecular formula is C11H11NO5. The molecule has 90 valence electrons. The SMILES string of the molecule is COc1ccc([N+](=O)[O-])c(C)c1/C=C/C(=O)O. The predicted octanol–water partition coefficient (Wildman–Crippen LogP) is 2.01. The molecule has 0 aliphatic carbocycles. The van der Waals surface area contributed by atoms with E-state index in [1.54, 1.807) is 6.92 Å². The van der Waals surface area contributed by atoms with Gasteiger partial charge in [0.2, 0.25) is 0 Å². The van der Waals surface area contributed by atoms with Crippen LogP contribution in [0, 0.1) is 17.0 Å². The number of aliphatic carboxylic acids is 1. The molecule has 1 rings (SSSR count). The first-order valence-corrected chi connectivity index (χ1v) is 4.70. The zero-order valence-electron chi connectivity index (χ0n) is 9.34. The van der Waals surface area contributed by atoms with Crippen LogP contribution in [-0.2, 0) is 4.79 Å². The Balaban J connectivity index is 3.37. The average Bonchev–Trinajstić information content (AvgIpc) is 2.26. The predicted molar refractivity (Wildman–Crippen MR) is 61.1 cm³/mol. The maximum Gasteiger partial charge on any atom is 0.328 e. The lowest BCUT2D eigenvalue weighted by atomic mass is 10.0. The second-order valence-corrected chi connectivity index (χ2v) is 3.25. The summed E-state index contributed by atoms with van der Waals surface area (Å²) in [5.74, 6) is -0.733. The van der Waals surface area contributed by atoms with E-state index in [4.69, 9.17) is 9.84 Å². The van der Waals surface area contributed by atoms with E-state index in [0.29, 0.717) is 16.9 Å². The van der Waals surface area contributed by atoms with Crippen molar-refractivity contribution < 1.29 is 19.6 Å². The largest absolute Gasteiger partial charge is 0.496 e. The summed E-state index contributed by atoms with van der Waals surface area (Å²) in [6.07, 6.45) is 2.19. The van der Waals surface area contributed by atoms with E-state index in [2.05, 4.69) is 0 Å². The molecule has 6 nitrogen and oxygen atoms in total. The number of nitro benzene ring substituents is 1. The van der Waals surface area contributed by atoms with Gasteiger partial charge in [-0.3, -0.25) is 10.1 Å². The van der Waals surface area contributed by atoms with E-state index in [-0.39, 0.29) is 5.69 Å². The highest BCUT2D eigenvalue weighted by Crippen LogP contribution is 2.30. The molecule has 0 saturated carbocycles. The molecule has 0 bridgehead atoms. The monoisotopic (exact) mass is 237 g/mol. The minimum Gasteiger partial charge on any atom is -0.496 e. The van der Waals surface area contributed by atoms with Gasteiger partial charge in [0, 0.05) is 23.3 Å². The first-order valence-electron chi connectivity index (χ1n) is 4.70. The van der Waals surface area contributed by atoms with Gasteiger partial charge in [-0.1, -0.05) is 0 Å². The van der Waals surface area contributed by atoms with Crippen molar-refractivity contribution in [1.82, 2.24) is 0 Å². The van der Waals surface area contributed by atoms with Crippen LogP contribution in [0.15, 0.2) is 18.2 Å². The summed E-state index contributed by atoms with van der Waals surface area (Å²) in [5.41, 5.74) is 0.687. The number of hydrogen-bond acceptors (Lipinski definition) is 4. The van der Waals surface area contributed by atoms with Crippen LogP contribution in [0.5, 0.6) is 5.75 Å². The average molecular weight is 237 g/mol. The van der Waals surface area contributed by atoms with Gasteiger partial charge in [-0.05, 0) is 19.1 Å². The van der Waals surface area contributed by atoms with E-state index in [0.717, 1.165) is 6.08 Å². The molecular weight excluding hydrogens is 226 g/mol. The van der Waals surface area contributed by atoms with E-state index in [1.807, 2.05) is 0 Å². The first-order chi connectivity index (χ1) is 7.97. The lowest BCUT2D eigenvalue weighted by Crippen LogP contribution is -1.97. The van der Waals surface area contributed by atoms with Crippen LogP contribution in [0.4, 0.5) is 5.69 Å². The van der Waals surface area contributed by atoms with Gasteiger partial charge in [0.05, 0.1) is 12.0 Å². The third-order valence-corrected chi connectivity index (χ3v) is 2.26. The standard InChI is InChI=1S/C11H11NO5/c1-7-8(3-6-11(13)14)10(17-2)5-4-9(7)12(15)16/h3-6H,1-2H3,(H,13,14)/b6-3+. The third-order valence-electron chi connectivity index (χ3n) is 2.26. The molecule has 0 saturated heterocycles. The summed E-state index contributed by atoms with van der Waals surface area (Å²) < 4.78 is 5.03. The number of carboxylic acids is 1. The number of hydrogen-bond donors (Lipinski definition) is 1. The number of rotatable bonds is 4. The van der Waals surface area contributed by atoms with Crippen LogP contribution in [-0.4, -0.2) is 23.1 Å². The number of carboxylic acid groups (broad SMARTS) is 1. The summed E-state index contributed by atoms with van der Waals surface area (Å²) in [6.45, 7) is 1.54. The lowest BCUT2D eigenvalue weighted by Gasteiger charge is -2.07. The topological polar surface area (TPSA) is 89.7 Å². The second kappa shape index (κ2) is 5.11. The molecule has 0 unspecified atom stereocenters. The maximum absolute atomic E-state index is 10.7. The highest BCUT2D eigenvalue weighted by molar-refractivity contribution is 5.86. The summed E-state index contributed by atoms with van der Waals surface area (Å²) in [6, 6.07) is 2.76. The Hall–Kier alpha value is -2.37. The molecule has 0 aromatic heterocycles. The molecule has 17 heavy (non-hydrogen) atoms. The van der Waals surface area contributed by atoms with Crippen LogP contribution in [0.1, 0.15) is 11.1 Å². The summed E-state index contributed by atoms with van der Waals surface area (Å²) in [4.78, 5) is 20.7. The van der Waals surface area contributed by atoms with Gasteiger partial charge < -0.3 is 9.84 Å². The second-order valence-electron chi connectivity index (χ2n) is 3.25. The molecule has 0 aliphatic heterocycles.